The average Bonchev–Trinajstić information content (AvgIpc) is 2.77. The van der Waals surface area contributed by atoms with Crippen molar-refractivity contribution in [3.8, 4) is 0 Å². The molecule has 6 aliphatic rings. The maximum atomic E-state index is 12.7. The van der Waals surface area contributed by atoms with E-state index in [2.05, 4.69) is 6.92 Å². The van der Waals surface area contributed by atoms with E-state index in [1.165, 1.54) is 13.2 Å². The quantitative estimate of drug-likeness (QED) is 0.398. The van der Waals surface area contributed by atoms with Gasteiger partial charge in [0.1, 0.15) is 5.60 Å². The molecule has 2 bridgehead atoms. The monoisotopic (exact) mass is 374 g/mol. The predicted molar refractivity (Wildman–Crippen MR) is 93.9 cm³/mol. The lowest BCUT2D eigenvalue weighted by molar-refractivity contribution is -0.453. The Labute approximate surface area is 158 Å². The van der Waals surface area contributed by atoms with Crippen LogP contribution >= 0.6 is 0 Å². The fraction of sp³-hybridized carbons (Fsp3) is 0.714. The van der Waals surface area contributed by atoms with Crippen molar-refractivity contribution in [2.24, 2.45) is 16.7 Å². The zero-order chi connectivity index (χ0) is 19.1. The van der Waals surface area contributed by atoms with Gasteiger partial charge in [0.25, 0.3) is 5.79 Å². The van der Waals surface area contributed by atoms with E-state index in [1.807, 2.05) is 13.0 Å². The summed E-state index contributed by atoms with van der Waals surface area (Å²) >= 11 is 0. The molecule has 0 aromatic heterocycles. The van der Waals surface area contributed by atoms with E-state index < -0.39 is 16.8 Å². The van der Waals surface area contributed by atoms with Gasteiger partial charge < -0.3 is 9.47 Å². The first-order chi connectivity index (χ1) is 12.8. The minimum Gasteiger partial charge on any atom is -0.469 e. The zero-order valence-corrected chi connectivity index (χ0v) is 16.1. The fourth-order valence-corrected chi connectivity index (χ4v) is 6.79. The first kappa shape index (κ1) is 17.4. The number of methoxy groups -OCH3 is 1. The highest BCUT2D eigenvalue weighted by atomic mass is 17.2. The summed E-state index contributed by atoms with van der Waals surface area (Å²) in [6, 6.07) is 0. The lowest BCUT2D eigenvalue weighted by atomic mass is 9.44. The SMILES string of the molecule is COC(=O)[C@@]1(C)CCC[C@@]2(C)[C@H]1CCC1=C[C@@]34OO[C@]12CCC3=CC(=O)O4. The molecule has 5 atom stereocenters. The topological polar surface area (TPSA) is 71.1 Å². The van der Waals surface area contributed by atoms with Crippen LogP contribution in [0.15, 0.2) is 23.3 Å². The molecular formula is C21H26O6. The van der Waals surface area contributed by atoms with Crippen LogP contribution in [-0.4, -0.2) is 30.4 Å². The summed E-state index contributed by atoms with van der Waals surface area (Å²) in [5.41, 5.74) is 0.629. The molecule has 1 saturated heterocycles. The van der Waals surface area contributed by atoms with Crippen LogP contribution in [0.3, 0.4) is 0 Å². The van der Waals surface area contributed by atoms with Crippen LogP contribution in [0.4, 0.5) is 0 Å². The van der Waals surface area contributed by atoms with Gasteiger partial charge in [-0.2, -0.15) is 4.89 Å². The molecule has 6 heteroatoms. The Bertz CT molecular complexity index is 798. The molecule has 3 heterocycles. The Balaban J connectivity index is 1.62. The van der Waals surface area contributed by atoms with Gasteiger partial charge in [-0.1, -0.05) is 13.3 Å². The molecule has 3 fully saturated rings. The molecule has 146 valence electrons. The first-order valence-corrected chi connectivity index (χ1v) is 9.91. The Kier molecular flexibility index (Phi) is 3.38. The number of esters is 2. The van der Waals surface area contributed by atoms with E-state index in [4.69, 9.17) is 19.2 Å². The predicted octanol–water partition coefficient (Wildman–Crippen LogP) is 3.37. The second-order valence-corrected chi connectivity index (χ2v) is 9.19. The summed E-state index contributed by atoms with van der Waals surface area (Å²) in [7, 11) is 1.48. The second-order valence-electron chi connectivity index (χ2n) is 9.19. The Hall–Kier alpha value is -1.66. The molecule has 0 aromatic rings. The maximum absolute atomic E-state index is 12.7. The summed E-state index contributed by atoms with van der Waals surface area (Å²) < 4.78 is 10.7. The third-order valence-electron chi connectivity index (χ3n) is 8.14. The van der Waals surface area contributed by atoms with Gasteiger partial charge in [0.15, 0.2) is 0 Å². The molecule has 6 nitrogen and oxygen atoms in total. The molecule has 0 aromatic carbocycles. The molecule has 0 amide bonds. The van der Waals surface area contributed by atoms with E-state index >= 15 is 0 Å². The number of ether oxygens (including phenoxy) is 2. The van der Waals surface area contributed by atoms with Crippen LogP contribution in [-0.2, 0) is 28.8 Å². The number of rotatable bonds is 1. The van der Waals surface area contributed by atoms with Crippen LogP contribution in [0.2, 0.25) is 0 Å². The van der Waals surface area contributed by atoms with Gasteiger partial charge in [0.2, 0.25) is 0 Å². The second kappa shape index (κ2) is 5.23. The highest BCUT2D eigenvalue weighted by Crippen LogP contribution is 2.68. The molecule has 3 aliphatic carbocycles. The minimum absolute atomic E-state index is 0.127. The van der Waals surface area contributed by atoms with Gasteiger partial charge in [-0.15, -0.1) is 0 Å². The van der Waals surface area contributed by atoms with Gasteiger partial charge in [-0.05, 0) is 63.0 Å². The van der Waals surface area contributed by atoms with Crippen LogP contribution in [0.5, 0.6) is 0 Å². The van der Waals surface area contributed by atoms with Gasteiger partial charge in [0, 0.05) is 17.1 Å². The molecule has 27 heavy (non-hydrogen) atoms. The van der Waals surface area contributed by atoms with Crippen molar-refractivity contribution in [2.75, 3.05) is 7.11 Å². The third kappa shape index (κ3) is 1.93. The van der Waals surface area contributed by atoms with Crippen molar-refractivity contribution in [2.45, 2.75) is 70.2 Å². The van der Waals surface area contributed by atoms with E-state index in [0.29, 0.717) is 6.42 Å². The summed E-state index contributed by atoms with van der Waals surface area (Å²) in [5, 5.41) is 0. The van der Waals surface area contributed by atoms with Gasteiger partial charge in [-0.3, -0.25) is 4.79 Å². The van der Waals surface area contributed by atoms with Crippen molar-refractivity contribution in [1.29, 1.82) is 0 Å². The first-order valence-electron chi connectivity index (χ1n) is 9.91. The highest BCUT2D eigenvalue weighted by molar-refractivity contribution is 5.87. The molecule has 0 unspecified atom stereocenters. The standard InChI is InChI=1S/C21H26O6/c1-18(17(23)24-3)8-4-9-19(2)15(18)6-5-14-12-21-13(11-16(22)25-21)7-10-20(14,19)26-27-21/h11-12,15H,4-10H2,1-3H3/t15-,18-,19-,20+,21+/m0/s1. The number of carbonyl (C=O) groups excluding carboxylic acids is 2. The average molecular weight is 374 g/mol. The fourth-order valence-electron chi connectivity index (χ4n) is 6.79. The lowest BCUT2D eigenvalue weighted by Gasteiger charge is -2.62. The van der Waals surface area contributed by atoms with Gasteiger partial charge in [-0.25, -0.2) is 9.68 Å². The molecule has 6 rings (SSSR count). The summed E-state index contributed by atoms with van der Waals surface area (Å²) in [4.78, 5) is 36.6. The molecular weight excluding hydrogens is 348 g/mol. The number of hydrogen-bond acceptors (Lipinski definition) is 6. The summed E-state index contributed by atoms with van der Waals surface area (Å²) in [5.74, 6) is -1.54. The maximum Gasteiger partial charge on any atom is 0.334 e. The van der Waals surface area contributed by atoms with Crippen molar-refractivity contribution in [1.82, 2.24) is 0 Å². The molecule has 0 N–H and O–H groups in total. The highest BCUT2D eigenvalue weighted by Gasteiger charge is 2.69. The van der Waals surface area contributed by atoms with Crippen molar-refractivity contribution >= 4 is 11.9 Å². The van der Waals surface area contributed by atoms with Crippen molar-refractivity contribution in [3.63, 3.8) is 0 Å². The Morgan fingerprint density at radius 3 is 2.74 bits per heavy atom. The molecule has 3 aliphatic heterocycles. The molecule has 2 saturated carbocycles. The van der Waals surface area contributed by atoms with E-state index in [0.717, 1.165) is 49.7 Å². The molecule has 2 spiro atoms. The van der Waals surface area contributed by atoms with E-state index in [-0.39, 0.29) is 23.3 Å². The third-order valence-corrected chi connectivity index (χ3v) is 8.14. The number of fused-ring (bicyclic) bond motifs is 3. The zero-order valence-electron chi connectivity index (χ0n) is 16.1. The number of carbonyl (C=O) groups is 2. The van der Waals surface area contributed by atoms with E-state index in [1.54, 1.807) is 0 Å². The minimum atomic E-state index is -1.18. The van der Waals surface area contributed by atoms with Crippen LogP contribution in [0.1, 0.15) is 58.8 Å². The lowest BCUT2D eigenvalue weighted by Crippen LogP contribution is -2.64. The van der Waals surface area contributed by atoms with Crippen molar-refractivity contribution < 1.29 is 28.8 Å². The summed E-state index contributed by atoms with van der Waals surface area (Å²) in [6.07, 6.45) is 9.38. The van der Waals surface area contributed by atoms with E-state index in [9.17, 15) is 9.59 Å². The van der Waals surface area contributed by atoms with Crippen LogP contribution < -0.4 is 0 Å². The van der Waals surface area contributed by atoms with Crippen molar-refractivity contribution in [3.05, 3.63) is 23.3 Å². The smallest absolute Gasteiger partial charge is 0.334 e. The van der Waals surface area contributed by atoms with Gasteiger partial charge in [0.05, 0.1) is 12.5 Å². The van der Waals surface area contributed by atoms with Crippen LogP contribution in [0.25, 0.3) is 0 Å². The Morgan fingerprint density at radius 2 is 1.96 bits per heavy atom. The molecule has 0 radical (unpaired) electrons. The van der Waals surface area contributed by atoms with Gasteiger partial charge >= 0.3 is 11.9 Å². The largest absolute Gasteiger partial charge is 0.469 e. The normalized spacial score (nSPS) is 47.7. The Morgan fingerprint density at radius 1 is 1.15 bits per heavy atom. The number of hydrogen-bond donors (Lipinski definition) is 0. The van der Waals surface area contributed by atoms with Crippen LogP contribution in [0, 0.1) is 16.7 Å². The summed E-state index contributed by atoms with van der Waals surface area (Å²) in [6.45, 7) is 4.29.